The second-order valence-corrected chi connectivity index (χ2v) is 9.20. The lowest BCUT2D eigenvalue weighted by atomic mass is 9.62. The number of hydrogen-bond donors (Lipinski definition) is 2. The summed E-state index contributed by atoms with van der Waals surface area (Å²) in [4.78, 5) is 34.3. The van der Waals surface area contributed by atoms with Gasteiger partial charge in [-0.05, 0) is 38.1 Å². The van der Waals surface area contributed by atoms with Crippen molar-refractivity contribution in [3.63, 3.8) is 0 Å². The number of aldehydes is 1. The first kappa shape index (κ1) is 20.6. The van der Waals surface area contributed by atoms with Crippen LogP contribution in [0.2, 0.25) is 0 Å². The van der Waals surface area contributed by atoms with Crippen molar-refractivity contribution < 1.29 is 23.8 Å². The standard InChI is InChI=1S/C22H24FN5O4/c1-21-10-22(11-21,12-32-21)17-8-28-7-14(19(31)26-20(28)25-17)18(30)24-13(9-29)4-3-5-27(2)16-6-15(16)23/h3-5,7-9,15-16H,6,10-12H2,1-2H3,(H,24,30)(H,25,26,31)/b5-3-,13-4+. The van der Waals surface area contributed by atoms with Crippen LogP contribution in [0.3, 0.4) is 0 Å². The first-order valence-electron chi connectivity index (χ1n) is 10.5. The third-order valence-electron chi connectivity index (χ3n) is 6.52. The van der Waals surface area contributed by atoms with Crippen molar-refractivity contribution in [3.05, 3.63) is 47.7 Å². The highest BCUT2D eigenvalue weighted by Crippen LogP contribution is 2.58. The molecule has 32 heavy (non-hydrogen) atoms. The average molecular weight is 441 g/mol. The summed E-state index contributed by atoms with van der Waals surface area (Å²) in [5, 5.41) is 12.7. The second kappa shape index (κ2) is 7.13. The molecule has 2 atom stereocenters. The number of imidazole rings is 1. The van der Waals surface area contributed by atoms with Gasteiger partial charge in [-0.2, -0.15) is 4.98 Å². The van der Waals surface area contributed by atoms with E-state index >= 15 is 0 Å². The van der Waals surface area contributed by atoms with Crippen LogP contribution in [-0.4, -0.2) is 68.0 Å². The van der Waals surface area contributed by atoms with E-state index < -0.39 is 18.0 Å². The van der Waals surface area contributed by atoms with Gasteiger partial charge in [-0.3, -0.25) is 14.0 Å². The van der Waals surface area contributed by atoms with Crippen LogP contribution in [0.5, 0.6) is 5.88 Å². The number of fused-ring (bicyclic) bond motifs is 2. The number of aromatic nitrogens is 3. The summed E-state index contributed by atoms with van der Waals surface area (Å²) in [5.41, 5.74) is 0.492. The number of aromatic hydroxyl groups is 1. The maximum Gasteiger partial charge on any atom is 0.262 e. The Bertz CT molecular complexity index is 1170. The van der Waals surface area contributed by atoms with Gasteiger partial charge in [0.25, 0.3) is 5.91 Å². The number of alkyl halides is 1. The summed E-state index contributed by atoms with van der Waals surface area (Å²) in [7, 11) is 1.74. The van der Waals surface area contributed by atoms with E-state index in [1.54, 1.807) is 34.8 Å². The van der Waals surface area contributed by atoms with Crippen LogP contribution in [0.1, 0.15) is 42.2 Å². The lowest BCUT2D eigenvalue weighted by molar-refractivity contribution is -0.105. The fraction of sp³-hybridized carbons (Fsp3) is 0.455. The molecule has 4 heterocycles. The Balaban J connectivity index is 1.32. The fourth-order valence-corrected chi connectivity index (χ4v) is 4.76. The van der Waals surface area contributed by atoms with E-state index in [-0.39, 0.29) is 34.1 Å². The summed E-state index contributed by atoms with van der Waals surface area (Å²) < 4.78 is 20.5. The van der Waals surface area contributed by atoms with E-state index in [9.17, 15) is 19.1 Å². The number of carbonyl (C=O) groups is 2. The molecule has 2 saturated heterocycles. The lowest BCUT2D eigenvalue weighted by Gasteiger charge is -2.41. The minimum absolute atomic E-state index is 0.00573. The predicted octanol–water partition coefficient (Wildman–Crippen LogP) is 1.62. The van der Waals surface area contributed by atoms with Gasteiger partial charge in [0.1, 0.15) is 11.7 Å². The fourth-order valence-electron chi connectivity index (χ4n) is 4.76. The van der Waals surface area contributed by atoms with Crippen molar-refractivity contribution in [3.8, 4) is 5.88 Å². The van der Waals surface area contributed by atoms with Gasteiger partial charge in [0, 0.05) is 31.3 Å². The van der Waals surface area contributed by atoms with Crippen molar-refractivity contribution in [1.82, 2.24) is 24.6 Å². The summed E-state index contributed by atoms with van der Waals surface area (Å²) >= 11 is 0. The van der Waals surface area contributed by atoms with Gasteiger partial charge in [-0.1, -0.05) is 0 Å². The molecule has 2 saturated carbocycles. The monoisotopic (exact) mass is 441 g/mol. The number of halogens is 1. The van der Waals surface area contributed by atoms with Gasteiger partial charge >= 0.3 is 0 Å². The quantitative estimate of drug-likeness (QED) is 0.382. The second-order valence-electron chi connectivity index (χ2n) is 9.20. The van der Waals surface area contributed by atoms with Gasteiger partial charge in [0.2, 0.25) is 11.7 Å². The largest absolute Gasteiger partial charge is 0.493 e. The smallest absolute Gasteiger partial charge is 0.262 e. The topological polar surface area (TPSA) is 109 Å². The summed E-state index contributed by atoms with van der Waals surface area (Å²) in [6.07, 6.45) is 9.74. The number of rotatable bonds is 7. The molecule has 2 N–H and O–H groups in total. The molecular formula is C22H24FN5O4. The van der Waals surface area contributed by atoms with E-state index in [0.29, 0.717) is 19.3 Å². The highest BCUT2D eigenvalue weighted by Gasteiger charge is 2.61. The van der Waals surface area contributed by atoms with Crippen LogP contribution in [0.15, 0.2) is 36.4 Å². The molecule has 0 spiro atoms. The molecule has 2 aliphatic heterocycles. The van der Waals surface area contributed by atoms with E-state index in [1.807, 2.05) is 0 Å². The molecule has 6 rings (SSSR count). The number of allylic oxidation sites excluding steroid dienone is 3. The number of nitrogens with zero attached hydrogens (tertiary/aromatic N) is 4. The molecule has 0 radical (unpaired) electrons. The number of nitrogens with one attached hydrogen (secondary N) is 1. The number of carbonyl (C=O) groups excluding carboxylic acids is 2. The third-order valence-corrected chi connectivity index (χ3v) is 6.52. The van der Waals surface area contributed by atoms with Crippen LogP contribution in [0.4, 0.5) is 4.39 Å². The number of ether oxygens (including phenoxy) is 1. The Morgan fingerprint density at radius 2 is 2.16 bits per heavy atom. The molecule has 1 amide bonds. The number of amides is 1. The van der Waals surface area contributed by atoms with E-state index in [4.69, 9.17) is 4.74 Å². The Kier molecular flexibility index (Phi) is 4.59. The third kappa shape index (κ3) is 3.44. The summed E-state index contributed by atoms with van der Waals surface area (Å²) in [6.45, 7) is 2.67. The molecule has 2 unspecified atom stereocenters. The highest BCUT2D eigenvalue weighted by atomic mass is 19.1. The van der Waals surface area contributed by atoms with Crippen LogP contribution < -0.4 is 5.32 Å². The Labute approximate surface area is 183 Å². The van der Waals surface area contributed by atoms with E-state index in [1.165, 1.54) is 12.3 Å². The number of hydrogen-bond acceptors (Lipinski definition) is 7. The molecule has 9 nitrogen and oxygen atoms in total. The molecule has 2 aliphatic carbocycles. The van der Waals surface area contributed by atoms with Gasteiger partial charge < -0.3 is 20.1 Å². The van der Waals surface area contributed by atoms with Crippen molar-refractivity contribution in [2.45, 2.75) is 49.4 Å². The summed E-state index contributed by atoms with van der Waals surface area (Å²) in [5.74, 6) is -0.877. The SMILES string of the molecule is CN(/C=C\C=C(/C=O)NC(=O)c1cn2cc(C34COC(C)(C3)C4)nc2nc1O)C1CC1F. The van der Waals surface area contributed by atoms with Gasteiger partial charge in [0.05, 0.1) is 29.6 Å². The van der Waals surface area contributed by atoms with E-state index in [2.05, 4.69) is 22.2 Å². The molecule has 168 valence electrons. The highest BCUT2D eigenvalue weighted by molar-refractivity contribution is 5.99. The molecule has 10 heteroatoms. The van der Waals surface area contributed by atoms with Crippen molar-refractivity contribution in [2.75, 3.05) is 13.7 Å². The van der Waals surface area contributed by atoms with Gasteiger partial charge in [-0.25, -0.2) is 9.37 Å². The van der Waals surface area contributed by atoms with Crippen LogP contribution in [0, 0.1) is 0 Å². The average Bonchev–Trinajstić information content (AvgIpc) is 3.04. The molecule has 2 aromatic heterocycles. The maximum absolute atomic E-state index is 13.1. The normalized spacial score (nSPS) is 31.0. The van der Waals surface area contributed by atoms with Crippen LogP contribution in [0.25, 0.3) is 5.78 Å². The zero-order valence-corrected chi connectivity index (χ0v) is 17.8. The van der Waals surface area contributed by atoms with Crippen molar-refractivity contribution in [2.24, 2.45) is 0 Å². The van der Waals surface area contributed by atoms with E-state index in [0.717, 1.165) is 18.5 Å². The molecule has 4 fully saturated rings. The van der Waals surface area contributed by atoms with Gasteiger partial charge in [0.15, 0.2) is 6.29 Å². The minimum atomic E-state index is -0.831. The molecule has 0 aromatic carbocycles. The lowest BCUT2D eigenvalue weighted by Crippen LogP contribution is -2.45. The first-order chi connectivity index (χ1) is 15.2. The zero-order valence-electron chi connectivity index (χ0n) is 17.8. The van der Waals surface area contributed by atoms with Gasteiger partial charge in [-0.15, -0.1) is 0 Å². The zero-order chi connectivity index (χ0) is 22.7. The Morgan fingerprint density at radius 1 is 1.41 bits per heavy atom. The molecule has 2 bridgehead atoms. The van der Waals surface area contributed by atoms with Crippen LogP contribution >= 0.6 is 0 Å². The van der Waals surface area contributed by atoms with Crippen molar-refractivity contribution in [1.29, 1.82) is 0 Å². The Morgan fingerprint density at radius 3 is 2.78 bits per heavy atom. The van der Waals surface area contributed by atoms with Crippen molar-refractivity contribution >= 4 is 18.0 Å². The molecule has 4 aliphatic rings. The first-order valence-corrected chi connectivity index (χ1v) is 10.5. The Hall–Kier alpha value is -3.27. The minimum Gasteiger partial charge on any atom is -0.493 e. The summed E-state index contributed by atoms with van der Waals surface area (Å²) in [6, 6.07) is -0.146. The molecular weight excluding hydrogens is 417 g/mol. The molecule has 2 aromatic rings. The van der Waals surface area contributed by atoms with Crippen LogP contribution in [-0.2, 0) is 14.9 Å². The predicted molar refractivity (Wildman–Crippen MR) is 112 cm³/mol. The maximum atomic E-state index is 13.1.